The van der Waals surface area contributed by atoms with Gasteiger partial charge in [0, 0.05) is 17.3 Å². The molecule has 5 nitrogen and oxygen atoms in total. The van der Waals surface area contributed by atoms with Gasteiger partial charge in [-0.1, -0.05) is 18.2 Å². The molecule has 122 valence electrons. The minimum atomic E-state index is -1.47. The molecule has 3 aromatic rings. The lowest BCUT2D eigenvalue weighted by Crippen LogP contribution is -2.20. The molecule has 1 aromatic heterocycles. The Hall–Kier alpha value is -2.80. The highest BCUT2D eigenvalue weighted by molar-refractivity contribution is 7.84. The molecule has 1 heterocycles. The van der Waals surface area contributed by atoms with Crippen LogP contribution in [0.25, 0.3) is 11.0 Å². The number of anilines is 1. The third-order valence-corrected chi connectivity index (χ3v) is 4.34. The largest absolute Gasteiger partial charge is 0.422 e. The number of nitrogens with one attached hydrogen (secondary N) is 1. The minimum absolute atomic E-state index is 0.0400. The Morgan fingerprint density at radius 3 is 2.62 bits per heavy atom. The summed E-state index contributed by atoms with van der Waals surface area (Å²) in [4.78, 5) is 24.2. The highest BCUT2D eigenvalue weighted by Gasteiger charge is 2.15. The van der Waals surface area contributed by atoms with E-state index in [1.165, 1.54) is 24.5 Å². The number of carbonyl (C=O) groups excluding carboxylic acids is 1. The Bertz CT molecular complexity index is 1030. The van der Waals surface area contributed by atoms with Crippen LogP contribution in [0.5, 0.6) is 0 Å². The van der Waals surface area contributed by atoms with Crippen LogP contribution in [0.3, 0.4) is 0 Å². The lowest BCUT2D eigenvalue weighted by molar-refractivity contribution is 0.102. The Kier molecular flexibility index (Phi) is 4.26. The fourth-order valence-corrected chi connectivity index (χ4v) is 2.82. The van der Waals surface area contributed by atoms with Crippen molar-refractivity contribution in [3.8, 4) is 0 Å². The molecule has 1 unspecified atom stereocenters. The second-order valence-electron chi connectivity index (χ2n) is 5.04. The first kappa shape index (κ1) is 16.1. The Morgan fingerprint density at radius 1 is 1.17 bits per heavy atom. The van der Waals surface area contributed by atoms with Gasteiger partial charge in [0.25, 0.3) is 5.91 Å². The third kappa shape index (κ3) is 3.11. The number of halogens is 1. The van der Waals surface area contributed by atoms with Crippen LogP contribution in [0.2, 0.25) is 0 Å². The second kappa shape index (κ2) is 6.37. The average Bonchev–Trinajstić information content (AvgIpc) is 2.53. The monoisotopic (exact) mass is 345 g/mol. The predicted molar refractivity (Wildman–Crippen MR) is 89.2 cm³/mol. The van der Waals surface area contributed by atoms with Gasteiger partial charge in [-0.05, 0) is 30.3 Å². The molecule has 0 aliphatic rings. The summed E-state index contributed by atoms with van der Waals surface area (Å²) in [7, 11) is -1.47. The molecule has 24 heavy (non-hydrogen) atoms. The number of carbonyl (C=O) groups is 1. The maximum atomic E-state index is 13.8. The Balaban J connectivity index is 1.93. The van der Waals surface area contributed by atoms with E-state index in [0.717, 1.165) is 6.07 Å². The van der Waals surface area contributed by atoms with E-state index in [4.69, 9.17) is 4.42 Å². The summed E-state index contributed by atoms with van der Waals surface area (Å²) >= 11 is 0. The lowest BCUT2D eigenvalue weighted by atomic mass is 10.1. The molecular weight excluding hydrogens is 333 g/mol. The lowest BCUT2D eigenvalue weighted by Gasteiger charge is -2.07. The van der Waals surface area contributed by atoms with Gasteiger partial charge in [-0.25, -0.2) is 9.18 Å². The quantitative estimate of drug-likeness (QED) is 0.741. The highest BCUT2D eigenvalue weighted by Crippen LogP contribution is 2.18. The number of benzene rings is 2. The summed E-state index contributed by atoms with van der Waals surface area (Å²) in [5.74, 6) is -1.40. The number of fused-ring (bicyclic) bond motifs is 1. The van der Waals surface area contributed by atoms with Crippen LogP contribution in [-0.4, -0.2) is 16.4 Å². The molecule has 0 saturated carbocycles. The zero-order valence-electron chi connectivity index (χ0n) is 12.5. The van der Waals surface area contributed by atoms with E-state index in [1.54, 1.807) is 24.3 Å². The van der Waals surface area contributed by atoms with Gasteiger partial charge >= 0.3 is 5.63 Å². The number of para-hydroxylation sites is 1. The molecule has 0 spiro atoms. The molecule has 3 rings (SSSR count). The third-order valence-electron chi connectivity index (χ3n) is 3.39. The zero-order valence-corrected chi connectivity index (χ0v) is 13.4. The van der Waals surface area contributed by atoms with Crippen molar-refractivity contribution in [3.05, 3.63) is 70.3 Å². The molecule has 1 atom stereocenters. The Morgan fingerprint density at radius 2 is 1.92 bits per heavy atom. The van der Waals surface area contributed by atoms with Crippen molar-refractivity contribution in [1.82, 2.24) is 0 Å². The molecule has 0 bridgehead atoms. The topological polar surface area (TPSA) is 76.4 Å². The molecule has 0 aliphatic heterocycles. The summed E-state index contributed by atoms with van der Waals surface area (Å²) in [6.45, 7) is 0. The van der Waals surface area contributed by atoms with Crippen LogP contribution in [-0.2, 0) is 10.8 Å². The van der Waals surface area contributed by atoms with Gasteiger partial charge in [0.1, 0.15) is 17.0 Å². The van der Waals surface area contributed by atoms with E-state index in [-0.39, 0.29) is 16.1 Å². The van der Waals surface area contributed by atoms with E-state index in [2.05, 4.69) is 5.32 Å². The van der Waals surface area contributed by atoms with Crippen LogP contribution in [0.1, 0.15) is 10.4 Å². The maximum Gasteiger partial charge on any atom is 0.349 e. The van der Waals surface area contributed by atoms with Crippen LogP contribution in [0, 0.1) is 5.82 Å². The maximum absolute atomic E-state index is 13.8. The summed E-state index contributed by atoms with van der Waals surface area (Å²) < 4.78 is 30.2. The Labute approximate surface area is 138 Å². The molecular formula is C17H12FNO4S. The van der Waals surface area contributed by atoms with Crippen molar-refractivity contribution in [1.29, 1.82) is 0 Å². The van der Waals surface area contributed by atoms with E-state index in [1.807, 2.05) is 0 Å². The van der Waals surface area contributed by atoms with Crippen molar-refractivity contribution in [3.63, 3.8) is 0 Å². The van der Waals surface area contributed by atoms with Crippen molar-refractivity contribution >= 4 is 33.4 Å². The predicted octanol–water partition coefficient (Wildman–Crippen LogP) is 2.92. The average molecular weight is 345 g/mol. The van der Waals surface area contributed by atoms with Gasteiger partial charge in [-0.2, -0.15) is 0 Å². The first-order valence-electron chi connectivity index (χ1n) is 6.93. The van der Waals surface area contributed by atoms with Crippen molar-refractivity contribution in [2.24, 2.45) is 0 Å². The van der Waals surface area contributed by atoms with Crippen LogP contribution < -0.4 is 10.9 Å². The first-order chi connectivity index (χ1) is 11.5. The van der Waals surface area contributed by atoms with Gasteiger partial charge in [-0.3, -0.25) is 9.00 Å². The summed E-state index contributed by atoms with van der Waals surface area (Å²) in [5, 5.41) is 3.03. The number of hydrogen-bond acceptors (Lipinski definition) is 4. The molecule has 0 aliphatic carbocycles. The highest BCUT2D eigenvalue weighted by atomic mass is 32.2. The van der Waals surface area contributed by atoms with Crippen LogP contribution >= 0.6 is 0 Å². The molecule has 0 saturated heterocycles. The van der Waals surface area contributed by atoms with Crippen LogP contribution in [0.4, 0.5) is 10.1 Å². The van der Waals surface area contributed by atoms with Gasteiger partial charge in [-0.15, -0.1) is 0 Å². The molecule has 1 N–H and O–H groups in total. The first-order valence-corrected chi connectivity index (χ1v) is 8.49. The normalized spacial score (nSPS) is 12.1. The second-order valence-corrected chi connectivity index (χ2v) is 6.39. The number of amides is 1. The molecule has 0 radical (unpaired) electrons. The van der Waals surface area contributed by atoms with Crippen molar-refractivity contribution in [2.45, 2.75) is 4.90 Å². The number of hydrogen-bond donors (Lipinski definition) is 1. The number of rotatable bonds is 3. The van der Waals surface area contributed by atoms with Crippen molar-refractivity contribution < 1.29 is 17.8 Å². The standard InChI is InChI=1S/C17H12FNO4S/c1-24(22)15-7-6-11(9-13(15)18)19-16(20)12-8-10-4-2-3-5-14(10)23-17(12)21/h2-9H,1H3,(H,19,20). The minimum Gasteiger partial charge on any atom is -0.422 e. The fourth-order valence-electron chi connectivity index (χ4n) is 2.23. The van der Waals surface area contributed by atoms with E-state index in [0.29, 0.717) is 11.0 Å². The van der Waals surface area contributed by atoms with Gasteiger partial charge in [0.05, 0.1) is 15.7 Å². The van der Waals surface area contributed by atoms with E-state index >= 15 is 0 Å². The summed E-state index contributed by atoms with van der Waals surface area (Å²) in [6.07, 6.45) is 1.36. The smallest absolute Gasteiger partial charge is 0.349 e. The van der Waals surface area contributed by atoms with E-state index < -0.39 is 28.1 Å². The zero-order chi connectivity index (χ0) is 17.3. The van der Waals surface area contributed by atoms with Gasteiger partial charge < -0.3 is 9.73 Å². The molecule has 7 heteroatoms. The van der Waals surface area contributed by atoms with Crippen LogP contribution in [0.15, 0.2) is 62.6 Å². The van der Waals surface area contributed by atoms with Gasteiger partial charge in [0.15, 0.2) is 0 Å². The van der Waals surface area contributed by atoms with Gasteiger partial charge in [0.2, 0.25) is 0 Å². The molecule has 2 aromatic carbocycles. The fraction of sp³-hybridized carbons (Fsp3) is 0.0588. The summed E-state index contributed by atoms with van der Waals surface area (Å²) in [6, 6.07) is 12.0. The van der Waals surface area contributed by atoms with Crippen molar-refractivity contribution in [2.75, 3.05) is 11.6 Å². The SMILES string of the molecule is CS(=O)c1ccc(NC(=O)c2cc3ccccc3oc2=O)cc1F. The molecule has 1 amide bonds. The molecule has 0 fully saturated rings. The van der Waals surface area contributed by atoms with E-state index in [9.17, 15) is 18.2 Å². The summed E-state index contributed by atoms with van der Waals surface area (Å²) in [5.41, 5.74) is -0.436.